The van der Waals surface area contributed by atoms with E-state index in [1.54, 1.807) is 26.1 Å². The fourth-order valence-electron chi connectivity index (χ4n) is 3.18. The van der Waals surface area contributed by atoms with Crippen LogP contribution in [0, 0.1) is 5.92 Å². The normalized spacial score (nSPS) is 18.5. The maximum absolute atomic E-state index is 12.8. The van der Waals surface area contributed by atoms with Gasteiger partial charge in [-0.25, -0.2) is 4.79 Å². The summed E-state index contributed by atoms with van der Waals surface area (Å²) in [4.78, 5) is 23.7. The molecule has 0 aliphatic carbocycles. The van der Waals surface area contributed by atoms with Crippen molar-refractivity contribution in [3.05, 3.63) is 65.2 Å². The number of carboxylic acid groups (broad SMARTS) is 1. The van der Waals surface area contributed by atoms with Crippen molar-refractivity contribution in [3.8, 4) is 5.75 Å². The van der Waals surface area contributed by atoms with Gasteiger partial charge in [-0.1, -0.05) is 12.1 Å². The Balaban J connectivity index is 1.67. The summed E-state index contributed by atoms with van der Waals surface area (Å²) in [6.07, 6.45) is -5.28. The molecule has 0 radical (unpaired) electrons. The highest BCUT2D eigenvalue weighted by Gasteiger charge is 2.40. The summed E-state index contributed by atoms with van der Waals surface area (Å²) >= 11 is 0. The van der Waals surface area contributed by atoms with Crippen LogP contribution >= 0.6 is 0 Å². The number of carbonyl (C=O) groups is 2. The fourth-order valence-corrected chi connectivity index (χ4v) is 3.18. The Morgan fingerprint density at radius 2 is 1.74 bits per heavy atom. The van der Waals surface area contributed by atoms with Gasteiger partial charge in [-0.05, 0) is 48.9 Å². The zero-order valence-corrected chi connectivity index (χ0v) is 16.7. The van der Waals surface area contributed by atoms with E-state index in [1.165, 1.54) is 29.3 Å². The summed E-state index contributed by atoms with van der Waals surface area (Å²) in [6.45, 7) is 1.83. The Labute approximate surface area is 176 Å². The summed E-state index contributed by atoms with van der Waals surface area (Å²) in [5, 5.41) is 17.4. The van der Waals surface area contributed by atoms with Crippen LogP contribution in [0.5, 0.6) is 5.75 Å². The lowest BCUT2D eigenvalue weighted by Crippen LogP contribution is -2.45. The average molecular weight is 435 g/mol. The monoisotopic (exact) mass is 435 g/mol. The summed E-state index contributed by atoms with van der Waals surface area (Å²) in [5.74, 6) is -2.01. The first-order chi connectivity index (χ1) is 14.6. The predicted octanol–water partition coefficient (Wildman–Crippen LogP) is 3.36. The summed E-state index contributed by atoms with van der Waals surface area (Å²) in [6, 6.07) is 10.3. The van der Waals surface area contributed by atoms with Crippen molar-refractivity contribution in [2.24, 2.45) is 11.0 Å². The van der Waals surface area contributed by atoms with Crippen molar-refractivity contribution in [2.45, 2.75) is 25.9 Å². The molecule has 2 N–H and O–H groups in total. The molecule has 7 nitrogen and oxygen atoms in total. The van der Waals surface area contributed by atoms with Crippen molar-refractivity contribution < 1.29 is 32.6 Å². The lowest BCUT2D eigenvalue weighted by molar-refractivity contribution is -0.137. The molecule has 31 heavy (non-hydrogen) atoms. The van der Waals surface area contributed by atoms with E-state index in [-0.39, 0.29) is 23.8 Å². The Morgan fingerprint density at radius 1 is 1.13 bits per heavy atom. The Bertz CT molecular complexity index is 988. The van der Waals surface area contributed by atoms with Crippen LogP contribution in [-0.4, -0.2) is 41.0 Å². The number of nitrogens with zero attached hydrogens (tertiary/aromatic N) is 2. The molecule has 0 bridgehead atoms. The first-order valence-corrected chi connectivity index (χ1v) is 9.28. The average Bonchev–Trinajstić information content (AvgIpc) is 2.99. The zero-order chi connectivity index (χ0) is 22.8. The van der Waals surface area contributed by atoms with Crippen LogP contribution in [-0.2, 0) is 17.5 Å². The third-order valence-corrected chi connectivity index (χ3v) is 4.81. The number of nitrogens with one attached hydrogen (secondary N) is 1. The Kier molecular flexibility index (Phi) is 6.19. The van der Waals surface area contributed by atoms with Gasteiger partial charge in [-0.3, -0.25) is 9.80 Å². The lowest BCUT2D eigenvalue weighted by atomic mass is 10.0. The quantitative estimate of drug-likeness (QED) is 0.726. The van der Waals surface area contributed by atoms with Gasteiger partial charge < -0.3 is 15.2 Å². The molecule has 2 atom stereocenters. The minimum atomic E-state index is -4.45. The number of hydrogen-bond donors (Lipinski definition) is 2. The third-order valence-electron chi connectivity index (χ3n) is 4.81. The maximum Gasteiger partial charge on any atom is 0.416 e. The first kappa shape index (κ1) is 22.1. The summed E-state index contributed by atoms with van der Waals surface area (Å²) < 4.78 is 44.0. The van der Waals surface area contributed by atoms with Gasteiger partial charge >= 0.3 is 12.1 Å². The molecule has 1 amide bonds. The number of hydrazone groups is 1. The van der Waals surface area contributed by atoms with Gasteiger partial charge in [0, 0.05) is 13.6 Å². The molecule has 1 heterocycles. The summed E-state index contributed by atoms with van der Waals surface area (Å²) in [5.41, 5.74) is 0.549. The van der Waals surface area contributed by atoms with E-state index in [0.717, 1.165) is 12.1 Å². The predicted molar refractivity (Wildman–Crippen MR) is 105 cm³/mol. The van der Waals surface area contributed by atoms with Crippen molar-refractivity contribution in [2.75, 3.05) is 7.05 Å². The van der Waals surface area contributed by atoms with Crippen LogP contribution in [0.4, 0.5) is 13.2 Å². The van der Waals surface area contributed by atoms with Crippen molar-refractivity contribution in [1.82, 2.24) is 10.3 Å². The van der Waals surface area contributed by atoms with Crippen molar-refractivity contribution >= 4 is 17.6 Å². The minimum absolute atomic E-state index is 0.139. The molecular formula is C21H20F3N3O4. The molecule has 2 aromatic carbocycles. The molecule has 0 fully saturated rings. The van der Waals surface area contributed by atoms with Gasteiger partial charge in [0.25, 0.3) is 0 Å². The number of carbonyl (C=O) groups excluding carboxylic acids is 1. The highest BCUT2D eigenvalue weighted by Crippen LogP contribution is 2.31. The highest BCUT2D eigenvalue weighted by atomic mass is 19.4. The molecule has 0 saturated heterocycles. The standard InChI is InChI=1S/C21H20F3N3O4/c1-12-17(18(28)25-11-13-3-5-14(6-4-13)20(29)30)19(27(2)26-12)31-16-9-7-15(8-10-16)21(22,23)24/h3-10,17,19H,11H2,1-2H3,(H,25,28)(H,29,30). The van der Waals surface area contributed by atoms with E-state index < -0.39 is 29.9 Å². The van der Waals surface area contributed by atoms with Gasteiger partial charge in [0.05, 0.1) is 16.8 Å². The molecule has 164 valence electrons. The minimum Gasteiger partial charge on any atom is -0.478 e. The zero-order valence-electron chi connectivity index (χ0n) is 16.7. The SMILES string of the molecule is CC1=NN(C)C(Oc2ccc(C(F)(F)F)cc2)C1C(=O)NCc1ccc(C(=O)O)cc1. The van der Waals surface area contributed by atoms with E-state index in [2.05, 4.69) is 10.4 Å². The fraction of sp³-hybridized carbons (Fsp3) is 0.286. The van der Waals surface area contributed by atoms with Crippen LogP contribution in [0.1, 0.15) is 28.4 Å². The number of carboxylic acids is 1. The van der Waals surface area contributed by atoms with E-state index in [0.29, 0.717) is 11.3 Å². The van der Waals surface area contributed by atoms with Crippen LogP contribution in [0.15, 0.2) is 53.6 Å². The lowest BCUT2D eigenvalue weighted by Gasteiger charge is -2.25. The molecule has 0 spiro atoms. The molecule has 3 rings (SSSR count). The van der Waals surface area contributed by atoms with Gasteiger partial charge in [0.2, 0.25) is 12.1 Å². The molecule has 2 unspecified atom stereocenters. The number of halogens is 3. The number of aromatic carboxylic acids is 1. The smallest absolute Gasteiger partial charge is 0.416 e. The molecule has 0 saturated carbocycles. The Morgan fingerprint density at radius 3 is 2.29 bits per heavy atom. The van der Waals surface area contributed by atoms with Gasteiger partial charge in [0.15, 0.2) is 0 Å². The van der Waals surface area contributed by atoms with Crippen LogP contribution in [0.2, 0.25) is 0 Å². The molecule has 1 aliphatic rings. The molecule has 10 heteroatoms. The van der Waals surface area contributed by atoms with Crippen LogP contribution in [0.25, 0.3) is 0 Å². The van der Waals surface area contributed by atoms with Gasteiger partial charge in [0.1, 0.15) is 11.7 Å². The second kappa shape index (κ2) is 8.66. The van der Waals surface area contributed by atoms with E-state index >= 15 is 0 Å². The highest BCUT2D eigenvalue weighted by molar-refractivity contribution is 6.04. The number of alkyl halides is 3. The number of ether oxygens (including phenoxy) is 1. The van der Waals surface area contributed by atoms with E-state index in [9.17, 15) is 22.8 Å². The van der Waals surface area contributed by atoms with E-state index in [4.69, 9.17) is 9.84 Å². The van der Waals surface area contributed by atoms with Crippen LogP contribution < -0.4 is 10.1 Å². The second-order valence-electron chi connectivity index (χ2n) is 7.04. The van der Waals surface area contributed by atoms with Crippen LogP contribution in [0.3, 0.4) is 0 Å². The number of rotatable bonds is 6. The third kappa shape index (κ3) is 5.14. The number of benzene rings is 2. The molecule has 0 aromatic heterocycles. The van der Waals surface area contributed by atoms with E-state index in [1.807, 2.05) is 0 Å². The Hall–Kier alpha value is -3.56. The maximum atomic E-state index is 12.8. The molecule has 1 aliphatic heterocycles. The van der Waals surface area contributed by atoms with Gasteiger partial charge in [-0.2, -0.15) is 18.3 Å². The molecule has 2 aromatic rings. The largest absolute Gasteiger partial charge is 0.478 e. The topological polar surface area (TPSA) is 91.2 Å². The van der Waals surface area contributed by atoms with Crippen molar-refractivity contribution in [1.29, 1.82) is 0 Å². The van der Waals surface area contributed by atoms with Crippen molar-refractivity contribution in [3.63, 3.8) is 0 Å². The second-order valence-corrected chi connectivity index (χ2v) is 7.04. The first-order valence-electron chi connectivity index (χ1n) is 9.28. The summed E-state index contributed by atoms with van der Waals surface area (Å²) in [7, 11) is 1.61. The molecular weight excluding hydrogens is 415 g/mol. The number of hydrogen-bond acceptors (Lipinski definition) is 5. The van der Waals surface area contributed by atoms with Gasteiger partial charge in [-0.15, -0.1) is 0 Å². The number of amides is 1.